The summed E-state index contributed by atoms with van der Waals surface area (Å²) in [5.41, 5.74) is 7.06. The van der Waals surface area contributed by atoms with Crippen molar-refractivity contribution >= 4 is 16.9 Å². The Bertz CT molecular complexity index is 1340. The number of ether oxygens (including phenoxy) is 1. The molecule has 10 heteroatoms. The summed E-state index contributed by atoms with van der Waals surface area (Å²) >= 11 is 0. The summed E-state index contributed by atoms with van der Waals surface area (Å²) in [5.74, 6) is -3.38. The Hall–Kier alpha value is -3.24. The van der Waals surface area contributed by atoms with Crippen LogP contribution in [0, 0.1) is 22.9 Å². The SMILES string of the molecule is COc1ccc2ncc(CN)c([C@@H](F)CCC3(CC(=O)O)CCN(CCCc4cc(F)cc(F)c4F)CC3)c2c1. The number of halogens is 4. The number of pyridine rings is 1. The first-order valence-electron chi connectivity index (χ1n) is 13.5. The van der Waals surface area contributed by atoms with Crippen LogP contribution in [0.2, 0.25) is 0 Å². The molecule has 0 unspecified atom stereocenters. The predicted octanol–water partition coefficient (Wildman–Crippen LogP) is 6.10. The second kappa shape index (κ2) is 13.0. The molecular weight excluding hydrogens is 526 g/mol. The van der Waals surface area contributed by atoms with Crippen LogP contribution >= 0.6 is 0 Å². The van der Waals surface area contributed by atoms with Crippen molar-refractivity contribution < 1.29 is 32.2 Å². The molecule has 216 valence electrons. The van der Waals surface area contributed by atoms with E-state index in [9.17, 15) is 23.1 Å². The highest BCUT2D eigenvalue weighted by Gasteiger charge is 2.37. The summed E-state index contributed by atoms with van der Waals surface area (Å²) in [6.45, 7) is 1.91. The lowest BCUT2D eigenvalue weighted by molar-refractivity contribution is -0.141. The van der Waals surface area contributed by atoms with E-state index in [0.29, 0.717) is 79.2 Å². The van der Waals surface area contributed by atoms with Crippen LogP contribution in [0.25, 0.3) is 10.9 Å². The summed E-state index contributed by atoms with van der Waals surface area (Å²) in [5, 5.41) is 10.3. The first-order valence-corrected chi connectivity index (χ1v) is 13.5. The van der Waals surface area contributed by atoms with Crippen molar-refractivity contribution in [2.45, 2.75) is 57.7 Å². The molecule has 3 N–H and O–H groups in total. The first kappa shape index (κ1) is 29.7. The molecule has 2 aromatic carbocycles. The minimum Gasteiger partial charge on any atom is -0.497 e. The Morgan fingerprint density at radius 1 is 1.18 bits per heavy atom. The zero-order valence-corrected chi connectivity index (χ0v) is 22.6. The van der Waals surface area contributed by atoms with Crippen molar-refractivity contribution in [1.82, 2.24) is 9.88 Å². The summed E-state index contributed by atoms with van der Waals surface area (Å²) in [7, 11) is 1.54. The fourth-order valence-corrected chi connectivity index (χ4v) is 5.84. The monoisotopic (exact) mass is 561 g/mol. The summed E-state index contributed by atoms with van der Waals surface area (Å²) < 4.78 is 62.2. The van der Waals surface area contributed by atoms with Gasteiger partial charge in [-0.1, -0.05) is 0 Å². The third-order valence-corrected chi connectivity index (χ3v) is 8.09. The number of fused-ring (bicyclic) bond motifs is 1. The molecule has 0 amide bonds. The number of nitrogens with two attached hydrogens (primary N) is 1. The zero-order valence-electron chi connectivity index (χ0n) is 22.6. The van der Waals surface area contributed by atoms with Gasteiger partial charge >= 0.3 is 5.97 Å². The molecule has 4 rings (SSSR count). The maximum atomic E-state index is 15.9. The molecule has 0 saturated carbocycles. The number of likely N-dealkylation sites (tertiary alicyclic amines) is 1. The Morgan fingerprint density at radius 2 is 1.93 bits per heavy atom. The molecule has 40 heavy (non-hydrogen) atoms. The van der Waals surface area contributed by atoms with Crippen molar-refractivity contribution in [1.29, 1.82) is 0 Å². The highest BCUT2D eigenvalue weighted by atomic mass is 19.2. The summed E-state index contributed by atoms with van der Waals surface area (Å²) in [6, 6.07) is 6.82. The lowest BCUT2D eigenvalue weighted by atomic mass is 9.71. The van der Waals surface area contributed by atoms with Crippen LogP contribution in [0.4, 0.5) is 17.6 Å². The van der Waals surface area contributed by atoms with Crippen LogP contribution in [0.15, 0.2) is 36.5 Å². The molecule has 1 aliphatic heterocycles. The number of nitrogens with zero attached hydrogens (tertiary/aromatic N) is 2. The molecule has 0 spiro atoms. The Kier molecular flexibility index (Phi) is 9.63. The number of aliphatic carboxylic acids is 1. The van der Waals surface area contributed by atoms with E-state index in [-0.39, 0.29) is 31.4 Å². The maximum absolute atomic E-state index is 15.9. The number of aromatic nitrogens is 1. The average Bonchev–Trinajstić information content (AvgIpc) is 2.94. The number of alkyl halides is 1. The fourth-order valence-electron chi connectivity index (χ4n) is 5.84. The van der Waals surface area contributed by atoms with Gasteiger partial charge in [0.1, 0.15) is 17.7 Å². The van der Waals surface area contributed by atoms with Gasteiger partial charge in [-0.2, -0.15) is 0 Å². The third-order valence-electron chi connectivity index (χ3n) is 8.09. The van der Waals surface area contributed by atoms with E-state index in [2.05, 4.69) is 9.88 Å². The van der Waals surface area contributed by atoms with Crippen LogP contribution in [-0.4, -0.2) is 47.7 Å². The highest BCUT2D eigenvalue weighted by Crippen LogP contribution is 2.43. The first-order chi connectivity index (χ1) is 19.1. The number of aryl methyl sites for hydroxylation is 1. The normalized spacial score (nSPS) is 16.2. The smallest absolute Gasteiger partial charge is 0.303 e. The van der Waals surface area contributed by atoms with Gasteiger partial charge in [-0.15, -0.1) is 0 Å². The molecule has 6 nitrogen and oxygen atoms in total. The van der Waals surface area contributed by atoms with Crippen LogP contribution in [0.3, 0.4) is 0 Å². The third kappa shape index (κ3) is 6.90. The molecule has 1 fully saturated rings. The zero-order chi connectivity index (χ0) is 28.9. The molecule has 1 aromatic heterocycles. The van der Waals surface area contributed by atoms with Gasteiger partial charge < -0.3 is 20.5 Å². The maximum Gasteiger partial charge on any atom is 0.303 e. The molecule has 2 heterocycles. The number of rotatable bonds is 12. The molecule has 0 bridgehead atoms. The topological polar surface area (TPSA) is 88.7 Å². The summed E-state index contributed by atoms with van der Waals surface area (Å²) in [6.07, 6.45) is 2.53. The molecule has 1 saturated heterocycles. The Balaban J connectivity index is 1.41. The Morgan fingerprint density at radius 3 is 2.60 bits per heavy atom. The fraction of sp³-hybridized carbons (Fsp3) is 0.467. The highest BCUT2D eigenvalue weighted by molar-refractivity contribution is 5.85. The summed E-state index contributed by atoms with van der Waals surface area (Å²) in [4.78, 5) is 18.3. The minimum atomic E-state index is -1.36. The lowest BCUT2D eigenvalue weighted by Gasteiger charge is -2.41. The van der Waals surface area contributed by atoms with Gasteiger partial charge in [0.05, 0.1) is 19.0 Å². The number of carboxylic acids is 1. The van der Waals surface area contributed by atoms with E-state index in [4.69, 9.17) is 10.5 Å². The second-order valence-electron chi connectivity index (χ2n) is 10.7. The van der Waals surface area contributed by atoms with Crippen LogP contribution in [-0.2, 0) is 17.8 Å². The van der Waals surface area contributed by atoms with Crippen molar-refractivity contribution in [3.05, 3.63) is 70.7 Å². The van der Waals surface area contributed by atoms with E-state index in [1.165, 1.54) is 7.11 Å². The molecule has 3 aromatic rings. The molecule has 0 radical (unpaired) electrons. The second-order valence-corrected chi connectivity index (χ2v) is 10.7. The predicted molar refractivity (Wildman–Crippen MR) is 144 cm³/mol. The van der Waals surface area contributed by atoms with Gasteiger partial charge in [0.25, 0.3) is 0 Å². The lowest BCUT2D eigenvalue weighted by Crippen LogP contribution is -2.41. The number of benzene rings is 2. The van der Waals surface area contributed by atoms with Gasteiger partial charge in [0.2, 0.25) is 0 Å². The number of carboxylic acid groups (broad SMARTS) is 1. The van der Waals surface area contributed by atoms with Gasteiger partial charge in [-0.25, -0.2) is 17.6 Å². The minimum absolute atomic E-state index is 0.00169. The van der Waals surface area contributed by atoms with Crippen molar-refractivity contribution in [3.63, 3.8) is 0 Å². The van der Waals surface area contributed by atoms with E-state index in [1.807, 2.05) is 0 Å². The van der Waals surface area contributed by atoms with Gasteiger partial charge in [0.15, 0.2) is 11.6 Å². The number of hydrogen-bond acceptors (Lipinski definition) is 5. The molecule has 0 aliphatic carbocycles. The standard InChI is InChI=1S/C30H35F4N3O3/c1-40-22-4-5-26-23(15-22)28(20(17-35)18-36-26)24(32)6-7-30(16-27(38)39)8-11-37(12-9-30)10-2-3-19-13-21(31)14-25(33)29(19)34/h4-5,13-15,18,24H,2-3,6-12,16-17,35H2,1H3,(H,38,39)/t24-/m0/s1. The Labute approximate surface area is 231 Å². The van der Waals surface area contributed by atoms with Gasteiger partial charge in [-0.05, 0) is 99.0 Å². The van der Waals surface area contributed by atoms with E-state index < -0.39 is 35.0 Å². The van der Waals surface area contributed by atoms with Crippen molar-refractivity contribution in [2.24, 2.45) is 11.1 Å². The van der Waals surface area contributed by atoms with E-state index in [0.717, 1.165) is 6.07 Å². The van der Waals surface area contributed by atoms with Crippen molar-refractivity contribution in [3.8, 4) is 5.75 Å². The van der Waals surface area contributed by atoms with Gasteiger partial charge in [0, 0.05) is 29.8 Å². The molecule has 1 atom stereocenters. The van der Waals surface area contributed by atoms with Crippen molar-refractivity contribution in [2.75, 3.05) is 26.7 Å². The average molecular weight is 562 g/mol. The number of carbonyl (C=O) groups is 1. The van der Waals surface area contributed by atoms with Gasteiger partial charge in [-0.3, -0.25) is 9.78 Å². The number of hydrogen-bond donors (Lipinski definition) is 2. The largest absolute Gasteiger partial charge is 0.497 e. The number of piperidine rings is 1. The molecule has 1 aliphatic rings. The van der Waals surface area contributed by atoms with Crippen LogP contribution < -0.4 is 10.5 Å². The quantitative estimate of drug-likeness (QED) is 0.205. The van der Waals surface area contributed by atoms with Crippen LogP contribution in [0.1, 0.15) is 61.4 Å². The number of methoxy groups -OCH3 is 1. The van der Waals surface area contributed by atoms with E-state index >= 15 is 4.39 Å². The molecular formula is C30H35F4N3O3. The van der Waals surface area contributed by atoms with E-state index in [1.54, 1.807) is 24.4 Å². The van der Waals surface area contributed by atoms with Crippen LogP contribution in [0.5, 0.6) is 5.75 Å².